The first-order valence-corrected chi connectivity index (χ1v) is 22.8. The fourth-order valence-corrected chi connectivity index (χ4v) is 10.9. The lowest BCUT2D eigenvalue weighted by atomic mass is 9.89. The molecule has 1 heterocycles. The summed E-state index contributed by atoms with van der Waals surface area (Å²) in [4.78, 5) is 5.01. The van der Waals surface area contributed by atoms with Gasteiger partial charge in [0.25, 0.3) is 0 Å². The van der Waals surface area contributed by atoms with Crippen LogP contribution in [-0.2, 0) is 0 Å². The number of nitrogens with zero attached hydrogens (tertiary/aromatic N) is 3. The highest BCUT2D eigenvalue weighted by molar-refractivity contribution is 6.19. The quantitative estimate of drug-likeness (QED) is 0.141. The van der Waals surface area contributed by atoms with Gasteiger partial charge in [0, 0.05) is 50.4 Å². The van der Waals surface area contributed by atoms with Crippen LogP contribution in [-0.4, -0.2) is 4.57 Å². The largest absolute Gasteiger partial charge is 0.310 e. The smallest absolute Gasteiger partial charge is 0.0567 e. The molecule has 0 radical (unpaired) electrons. The van der Waals surface area contributed by atoms with Crippen LogP contribution >= 0.6 is 0 Å². The Morgan fingerprint density at radius 3 is 1.70 bits per heavy atom. The maximum Gasteiger partial charge on any atom is 0.0567 e. The van der Waals surface area contributed by atoms with Crippen LogP contribution < -0.4 is 9.80 Å². The Morgan fingerprint density at radius 1 is 0.333 bits per heavy atom. The first-order valence-electron chi connectivity index (χ1n) is 22.8. The summed E-state index contributed by atoms with van der Waals surface area (Å²) in [5.74, 6) is 0.117. The van der Waals surface area contributed by atoms with E-state index in [0.29, 0.717) is 0 Å². The number of benzene rings is 11. The number of aromatic nitrogens is 1. The van der Waals surface area contributed by atoms with Crippen LogP contribution in [0.2, 0.25) is 0 Å². The van der Waals surface area contributed by atoms with Gasteiger partial charge in [0.05, 0.1) is 28.1 Å². The monoisotopic (exact) mass is 841 g/mol. The van der Waals surface area contributed by atoms with Gasteiger partial charge in [0.15, 0.2) is 0 Å². The fraction of sp³-hybridized carbons (Fsp3) is 0.0159. The normalized spacial score (nSPS) is 13.0. The second-order valence-electron chi connectivity index (χ2n) is 17.2. The highest BCUT2D eigenvalue weighted by atomic mass is 15.2. The molecule has 0 aliphatic heterocycles. The van der Waals surface area contributed by atoms with E-state index in [2.05, 4.69) is 269 Å². The zero-order chi connectivity index (χ0) is 43.6. The topological polar surface area (TPSA) is 11.4 Å². The van der Waals surface area contributed by atoms with Crippen LogP contribution in [0.25, 0.3) is 60.2 Å². The van der Waals surface area contributed by atoms with E-state index in [1.807, 2.05) is 0 Å². The Balaban J connectivity index is 1.13. The number of hydrogen-bond donors (Lipinski definition) is 0. The van der Waals surface area contributed by atoms with Crippen LogP contribution in [0.15, 0.2) is 255 Å². The van der Waals surface area contributed by atoms with Gasteiger partial charge >= 0.3 is 0 Å². The molecule has 0 fully saturated rings. The molecular weight excluding hydrogens is 799 g/mol. The Kier molecular flexibility index (Phi) is 8.92. The molecule has 0 spiro atoms. The molecule has 3 nitrogen and oxygen atoms in total. The first-order chi connectivity index (χ1) is 32.8. The minimum Gasteiger partial charge on any atom is -0.310 e. The first kappa shape index (κ1) is 37.9. The lowest BCUT2D eigenvalue weighted by Gasteiger charge is -2.32. The minimum absolute atomic E-state index is 0.117. The molecule has 1 aromatic heterocycles. The van der Waals surface area contributed by atoms with E-state index in [0.717, 1.165) is 50.7 Å². The predicted octanol–water partition coefficient (Wildman–Crippen LogP) is 17.2. The van der Waals surface area contributed by atoms with Gasteiger partial charge in [-0.3, -0.25) is 0 Å². The van der Waals surface area contributed by atoms with Crippen molar-refractivity contribution in [1.82, 2.24) is 4.57 Å². The van der Waals surface area contributed by atoms with Crippen LogP contribution in [0.1, 0.15) is 22.6 Å². The van der Waals surface area contributed by atoms with Crippen LogP contribution in [0, 0.1) is 0 Å². The van der Waals surface area contributed by atoms with Crippen molar-refractivity contribution in [3.63, 3.8) is 0 Å². The van der Waals surface area contributed by atoms with Crippen molar-refractivity contribution in [2.75, 3.05) is 9.80 Å². The van der Waals surface area contributed by atoms with E-state index >= 15 is 0 Å². The summed E-state index contributed by atoms with van der Waals surface area (Å²) < 4.78 is 2.41. The molecule has 310 valence electrons. The van der Waals surface area contributed by atoms with Crippen molar-refractivity contribution in [3.8, 4) is 16.8 Å². The standard InChI is InChI=1S/C63H43N3/c1-5-22-44(23-6-1)60-51-31-15-16-32-52(51)62-54(60)34-19-36-56(62)66(48-28-11-4-12-29-48)59-42-49(41-45-40-39-43-21-13-14-30-50(43)61(45)59)64(46-24-7-2-8-25-46)57-37-20-38-58-63(57)53-33-17-18-35-55(53)65(58)47-26-9-3-10-27-47/h1-42,60H. The maximum atomic E-state index is 2.53. The summed E-state index contributed by atoms with van der Waals surface area (Å²) >= 11 is 0. The molecule has 1 aliphatic rings. The number of para-hydroxylation sites is 4. The van der Waals surface area contributed by atoms with E-state index in [1.54, 1.807) is 0 Å². The Hall–Kier alpha value is -8.66. The van der Waals surface area contributed by atoms with Crippen molar-refractivity contribution >= 4 is 77.5 Å². The van der Waals surface area contributed by atoms with Gasteiger partial charge < -0.3 is 14.4 Å². The molecule has 11 aromatic carbocycles. The number of anilines is 6. The number of fused-ring (bicyclic) bond motifs is 9. The molecule has 13 rings (SSSR count). The summed E-state index contributed by atoms with van der Waals surface area (Å²) in [6.07, 6.45) is 0. The van der Waals surface area contributed by atoms with Gasteiger partial charge in [-0.1, -0.05) is 182 Å². The van der Waals surface area contributed by atoms with Crippen molar-refractivity contribution < 1.29 is 0 Å². The van der Waals surface area contributed by atoms with Crippen molar-refractivity contribution in [1.29, 1.82) is 0 Å². The maximum absolute atomic E-state index is 2.53. The number of hydrogen-bond acceptors (Lipinski definition) is 2. The molecule has 0 bridgehead atoms. The molecule has 1 atom stereocenters. The summed E-state index contributed by atoms with van der Waals surface area (Å²) in [7, 11) is 0. The zero-order valence-electron chi connectivity index (χ0n) is 36.2. The van der Waals surface area contributed by atoms with Gasteiger partial charge in [-0.15, -0.1) is 0 Å². The second-order valence-corrected chi connectivity index (χ2v) is 17.2. The van der Waals surface area contributed by atoms with E-state index in [9.17, 15) is 0 Å². The molecule has 0 N–H and O–H groups in total. The lowest BCUT2D eigenvalue weighted by Crippen LogP contribution is -2.15. The third-order valence-electron chi connectivity index (χ3n) is 13.6. The average Bonchev–Trinajstić information content (AvgIpc) is 3.91. The van der Waals surface area contributed by atoms with Crippen molar-refractivity contribution in [3.05, 3.63) is 271 Å². The zero-order valence-corrected chi connectivity index (χ0v) is 36.2. The molecule has 3 heteroatoms. The third kappa shape index (κ3) is 5.98. The van der Waals surface area contributed by atoms with E-state index in [-0.39, 0.29) is 5.92 Å². The van der Waals surface area contributed by atoms with Gasteiger partial charge in [-0.05, 0) is 111 Å². The van der Waals surface area contributed by atoms with Crippen LogP contribution in [0.5, 0.6) is 0 Å². The van der Waals surface area contributed by atoms with Crippen molar-refractivity contribution in [2.24, 2.45) is 0 Å². The average molecular weight is 842 g/mol. The Labute approximate surface area is 384 Å². The summed E-state index contributed by atoms with van der Waals surface area (Å²) in [6.45, 7) is 0. The Morgan fingerprint density at radius 2 is 0.909 bits per heavy atom. The number of rotatable bonds is 8. The highest BCUT2D eigenvalue weighted by Gasteiger charge is 2.34. The molecule has 0 saturated heterocycles. The van der Waals surface area contributed by atoms with Crippen LogP contribution in [0.4, 0.5) is 34.1 Å². The third-order valence-corrected chi connectivity index (χ3v) is 13.6. The molecule has 0 amide bonds. The van der Waals surface area contributed by atoms with Gasteiger partial charge in [0.2, 0.25) is 0 Å². The molecule has 0 saturated carbocycles. The minimum atomic E-state index is 0.117. The Bertz CT molecular complexity index is 3760. The second kappa shape index (κ2) is 15.5. The van der Waals surface area contributed by atoms with E-state index in [1.165, 1.54) is 60.3 Å². The summed E-state index contributed by atoms with van der Waals surface area (Å²) in [6, 6.07) is 93.4. The van der Waals surface area contributed by atoms with E-state index in [4.69, 9.17) is 0 Å². The molecule has 66 heavy (non-hydrogen) atoms. The van der Waals surface area contributed by atoms with Crippen LogP contribution in [0.3, 0.4) is 0 Å². The van der Waals surface area contributed by atoms with Gasteiger partial charge in [-0.25, -0.2) is 0 Å². The summed E-state index contributed by atoms with van der Waals surface area (Å²) in [5, 5.41) is 7.20. The summed E-state index contributed by atoms with van der Waals surface area (Å²) in [5.41, 5.74) is 16.6. The van der Waals surface area contributed by atoms with Crippen molar-refractivity contribution in [2.45, 2.75) is 5.92 Å². The molecule has 1 unspecified atom stereocenters. The van der Waals surface area contributed by atoms with E-state index < -0.39 is 0 Å². The molecular formula is C63H43N3. The fourth-order valence-electron chi connectivity index (χ4n) is 10.9. The van der Waals surface area contributed by atoms with Gasteiger partial charge in [-0.2, -0.15) is 0 Å². The SMILES string of the molecule is c1ccc(C2c3ccccc3-c3c2cccc3N(c2ccccc2)c2cc(N(c3ccccc3)c3cccc4c3c3ccccc3n4-c3ccccc3)cc3ccc4ccccc4c23)cc1. The molecule has 12 aromatic rings. The lowest BCUT2D eigenvalue weighted by molar-refractivity contribution is 1.01. The molecule has 1 aliphatic carbocycles. The highest BCUT2D eigenvalue weighted by Crippen LogP contribution is 2.55. The van der Waals surface area contributed by atoms with Gasteiger partial charge in [0.1, 0.15) is 0 Å². The predicted molar refractivity (Wildman–Crippen MR) is 278 cm³/mol.